The van der Waals surface area contributed by atoms with Crippen molar-refractivity contribution >= 4 is 22.6 Å². The Balaban J connectivity index is 1.19. The number of benzene rings is 4. The normalized spacial score (nSPS) is 14.1. The van der Waals surface area contributed by atoms with Crippen LogP contribution in [0.3, 0.4) is 0 Å². The minimum Gasteiger partial charge on any atom is -0.460 e. The highest BCUT2D eigenvalue weighted by Crippen LogP contribution is 2.37. The van der Waals surface area contributed by atoms with Crippen LogP contribution in [-0.4, -0.2) is 15.0 Å². The van der Waals surface area contributed by atoms with Gasteiger partial charge in [-0.2, -0.15) is 0 Å². The van der Waals surface area contributed by atoms with Gasteiger partial charge in [-0.05, 0) is 47.6 Å². The molecule has 0 amide bonds. The van der Waals surface area contributed by atoms with Gasteiger partial charge in [-0.1, -0.05) is 121 Å². The molecule has 4 heteroatoms. The van der Waals surface area contributed by atoms with E-state index in [-0.39, 0.29) is 0 Å². The molecule has 0 N–H and O–H groups in total. The van der Waals surface area contributed by atoms with Crippen LogP contribution in [0.15, 0.2) is 126 Å². The van der Waals surface area contributed by atoms with E-state index in [1.165, 1.54) is 16.7 Å². The van der Waals surface area contributed by atoms with E-state index >= 15 is 0 Å². The lowest BCUT2D eigenvalue weighted by Gasteiger charge is -2.10. The van der Waals surface area contributed by atoms with E-state index in [1.807, 2.05) is 36.4 Å². The Morgan fingerprint density at radius 3 is 1.88 bits per heavy atom. The average Bonchev–Trinajstić information content (AvgIpc) is 3.48. The largest absolute Gasteiger partial charge is 0.460 e. The smallest absolute Gasteiger partial charge is 0.167 e. The maximum atomic E-state index is 6.42. The fraction of sp³-hybridized carbons (Fsp3) is 0.103. The molecule has 4 nitrogen and oxygen atoms in total. The molecule has 0 saturated carbocycles. The van der Waals surface area contributed by atoms with Gasteiger partial charge in [0.15, 0.2) is 17.5 Å². The number of aromatic nitrogens is 3. The molecule has 0 radical (unpaired) electrons. The van der Waals surface area contributed by atoms with Crippen molar-refractivity contribution in [3.63, 3.8) is 0 Å². The zero-order valence-corrected chi connectivity index (χ0v) is 23.7. The molecule has 0 unspecified atom stereocenters. The molecule has 43 heavy (non-hydrogen) atoms. The molecule has 0 fully saturated rings. The van der Waals surface area contributed by atoms with E-state index in [1.54, 1.807) is 0 Å². The van der Waals surface area contributed by atoms with Crippen LogP contribution in [0.2, 0.25) is 0 Å². The zero-order chi connectivity index (χ0) is 28.6. The van der Waals surface area contributed by atoms with Crippen molar-refractivity contribution in [2.75, 3.05) is 0 Å². The summed E-state index contributed by atoms with van der Waals surface area (Å²) in [4.78, 5) is 14.9. The number of furan rings is 1. The van der Waals surface area contributed by atoms with Crippen LogP contribution >= 0.6 is 0 Å². The second-order valence-corrected chi connectivity index (χ2v) is 11.0. The lowest BCUT2D eigenvalue weighted by atomic mass is 9.96. The first-order valence-corrected chi connectivity index (χ1v) is 14.9. The third kappa shape index (κ3) is 4.81. The van der Waals surface area contributed by atoms with Crippen molar-refractivity contribution in [2.45, 2.75) is 25.7 Å². The van der Waals surface area contributed by atoms with Gasteiger partial charge in [0.05, 0.1) is 5.56 Å². The summed E-state index contributed by atoms with van der Waals surface area (Å²) in [6, 6.07) is 33.6. The summed E-state index contributed by atoms with van der Waals surface area (Å²) >= 11 is 0. The quantitative estimate of drug-likeness (QED) is 0.212. The number of allylic oxidation sites excluding steroid dienone is 5. The van der Waals surface area contributed by atoms with Crippen LogP contribution in [-0.2, 0) is 6.42 Å². The molecular formula is C39H29N3O. The fourth-order valence-corrected chi connectivity index (χ4v) is 5.98. The summed E-state index contributed by atoms with van der Waals surface area (Å²) in [5.74, 6) is 2.91. The van der Waals surface area contributed by atoms with Gasteiger partial charge in [-0.3, -0.25) is 0 Å². The standard InChI is InChI=1S/C39H29N3O/c1-3-10-26(11-4-1)27-18-20-28(21-19-27)29-22-24-31(25-23-29)38-40-37(30-12-5-2-6-13-30)41-39(42-38)34-16-9-15-33-32-14-7-8-17-35(32)43-36(33)34/h2-3,5-7,9-16,18-25H,1,4,8,17H2. The van der Waals surface area contributed by atoms with Crippen molar-refractivity contribution in [2.24, 2.45) is 0 Å². The Morgan fingerprint density at radius 1 is 0.512 bits per heavy atom. The first kappa shape index (κ1) is 25.4. The predicted molar refractivity (Wildman–Crippen MR) is 175 cm³/mol. The average molecular weight is 556 g/mol. The second kappa shape index (κ2) is 10.8. The molecule has 2 heterocycles. The minimum atomic E-state index is 0.607. The van der Waals surface area contributed by atoms with Crippen molar-refractivity contribution in [3.8, 4) is 45.3 Å². The summed E-state index contributed by atoms with van der Waals surface area (Å²) in [7, 11) is 0. The second-order valence-electron chi connectivity index (χ2n) is 11.0. The van der Waals surface area contributed by atoms with Gasteiger partial charge in [0.1, 0.15) is 11.3 Å². The van der Waals surface area contributed by atoms with Crippen LogP contribution in [0.4, 0.5) is 0 Å². The first-order chi connectivity index (χ1) is 21.3. The number of aryl methyl sites for hydroxylation is 1. The van der Waals surface area contributed by atoms with Crippen molar-refractivity contribution in [3.05, 3.63) is 138 Å². The third-order valence-corrected chi connectivity index (χ3v) is 8.25. The van der Waals surface area contributed by atoms with Crippen molar-refractivity contribution in [1.29, 1.82) is 0 Å². The van der Waals surface area contributed by atoms with Gasteiger partial charge in [0, 0.05) is 28.5 Å². The molecule has 2 aromatic heterocycles. The van der Waals surface area contributed by atoms with Crippen molar-refractivity contribution < 1.29 is 4.42 Å². The zero-order valence-electron chi connectivity index (χ0n) is 23.7. The van der Waals surface area contributed by atoms with E-state index in [9.17, 15) is 0 Å². The summed E-state index contributed by atoms with van der Waals surface area (Å²) in [6.07, 6.45) is 15.3. The van der Waals surface area contributed by atoms with E-state index in [0.29, 0.717) is 17.5 Å². The molecule has 8 rings (SSSR count). The van der Waals surface area contributed by atoms with Gasteiger partial charge < -0.3 is 4.42 Å². The molecule has 4 aromatic carbocycles. The monoisotopic (exact) mass is 555 g/mol. The maximum Gasteiger partial charge on any atom is 0.167 e. The van der Waals surface area contributed by atoms with Crippen molar-refractivity contribution in [1.82, 2.24) is 15.0 Å². The maximum absolute atomic E-state index is 6.42. The highest BCUT2D eigenvalue weighted by molar-refractivity contribution is 5.97. The lowest BCUT2D eigenvalue weighted by molar-refractivity contribution is 0.547. The first-order valence-electron chi connectivity index (χ1n) is 14.9. The number of para-hydroxylation sites is 1. The number of hydrogen-bond donors (Lipinski definition) is 0. The number of fused-ring (bicyclic) bond motifs is 3. The topological polar surface area (TPSA) is 51.8 Å². The molecular weight excluding hydrogens is 526 g/mol. The van der Waals surface area contributed by atoms with Gasteiger partial charge in [-0.15, -0.1) is 0 Å². The van der Waals surface area contributed by atoms with Gasteiger partial charge in [-0.25, -0.2) is 15.0 Å². The van der Waals surface area contributed by atoms with E-state index in [2.05, 4.69) is 91.0 Å². The summed E-state index contributed by atoms with van der Waals surface area (Å²) in [5.41, 5.74) is 9.64. The summed E-state index contributed by atoms with van der Waals surface area (Å²) in [6.45, 7) is 0. The fourth-order valence-electron chi connectivity index (χ4n) is 5.98. The minimum absolute atomic E-state index is 0.607. The molecule has 0 spiro atoms. The Labute approximate surface area is 250 Å². The Hall–Kier alpha value is -5.35. The number of rotatable bonds is 5. The van der Waals surface area contributed by atoms with E-state index < -0.39 is 0 Å². The van der Waals surface area contributed by atoms with Crippen LogP contribution in [0.5, 0.6) is 0 Å². The highest BCUT2D eigenvalue weighted by atomic mass is 16.3. The van der Waals surface area contributed by atoms with Crippen LogP contribution in [0, 0.1) is 0 Å². The Bertz CT molecular complexity index is 2050. The van der Waals surface area contributed by atoms with Crippen LogP contribution in [0.25, 0.3) is 67.9 Å². The van der Waals surface area contributed by atoms with Gasteiger partial charge in [0.2, 0.25) is 0 Å². The Kier molecular flexibility index (Phi) is 6.38. The Morgan fingerprint density at radius 2 is 1.16 bits per heavy atom. The molecule has 0 bridgehead atoms. The van der Waals surface area contributed by atoms with E-state index in [0.717, 1.165) is 70.2 Å². The lowest BCUT2D eigenvalue weighted by Crippen LogP contribution is -2.00. The molecule has 2 aliphatic carbocycles. The van der Waals surface area contributed by atoms with Crippen LogP contribution < -0.4 is 0 Å². The molecule has 0 aliphatic heterocycles. The van der Waals surface area contributed by atoms with Crippen LogP contribution in [0.1, 0.15) is 36.1 Å². The molecule has 0 atom stereocenters. The highest BCUT2D eigenvalue weighted by Gasteiger charge is 2.20. The van der Waals surface area contributed by atoms with Gasteiger partial charge in [0.25, 0.3) is 0 Å². The summed E-state index contributed by atoms with van der Waals surface area (Å²) < 4.78 is 6.42. The SMILES string of the molecule is C1=CC(c2ccc(-c3ccc(-c4nc(-c5ccccc5)nc(-c5cccc6c7c(oc56)CCC=C7)n4)cc3)cc2)=CCC1. The molecule has 206 valence electrons. The van der Waals surface area contributed by atoms with E-state index in [4.69, 9.17) is 19.4 Å². The third-order valence-electron chi connectivity index (χ3n) is 8.25. The molecule has 2 aliphatic rings. The number of hydrogen-bond acceptors (Lipinski definition) is 4. The predicted octanol–water partition coefficient (Wildman–Crippen LogP) is 9.98. The molecule has 0 saturated heterocycles. The summed E-state index contributed by atoms with van der Waals surface area (Å²) in [5, 5.41) is 1.10. The number of nitrogens with zero attached hydrogens (tertiary/aromatic N) is 3. The molecule has 6 aromatic rings. The van der Waals surface area contributed by atoms with Gasteiger partial charge >= 0.3 is 0 Å².